The monoisotopic (exact) mass is 340 g/mol. The number of anilines is 1. The second kappa shape index (κ2) is 8.03. The Morgan fingerprint density at radius 1 is 1.16 bits per heavy atom. The number of hydrogen-bond acceptors (Lipinski definition) is 3. The van der Waals surface area contributed by atoms with Crippen LogP contribution in [0, 0.1) is 5.92 Å². The molecule has 1 atom stereocenters. The Kier molecular flexibility index (Phi) is 5.56. The Balaban J connectivity index is 1.54. The molecule has 25 heavy (non-hydrogen) atoms. The summed E-state index contributed by atoms with van der Waals surface area (Å²) in [4.78, 5) is 14.2. The van der Waals surface area contributed by atoms with Crippen molar-refractivity contribution in [2.24, 2.45) is 5.92 Å². The first-order valence-corrected chi connectivity index (χ1v) is 8.60. The zero-order valence-electron chi connectivity index (χ0n) is 14.4. The van der Waals surface area contributed by atoms with E-state index in [2.05, 4.69) is 5.32 Å². The van der Waals surface area contributed by atoms with Gasteiger partial charge in [0.05, 0.1) is 13.2 Å². The van der Waals surface area contributed by atoms with Gasteiger partial charge in [-0.05, 0) is 36.5 Å². The molecule has 1 saturated heterocycles. The van der Waals surface area contributed by atoms with Crippen molar-refractivity contribution < 1.29 is 14.6 Å². The van der Waals surface area contributed by atoms with Crippen LogP contribution in [0.1, 0.15) is 24.5 Å². The lowest BCUT2D eigenvalue weighted by Gasteiger charge is -2.34. The SMILES string of the molecule is COc1cccc(NC(=O)N2CCC(C(O)c3ccccc3)CC2)c1. The van der Waals surface area contributed by atoms with Crippen molar-refractivity contribution in [1.29, 1.82) is 0 Å². The summed E-state index contributed by atoms with van der Waals surface area (Å²) in [7, 11) is 1.60. The van der Waals surface area contributed by atoms with Gasteiger partial charge in [0.1, 0.15) is 5.75 Å². The number of hydrogen-bond donors (Lipinski definition) is 2. The van der Waals surface area contributed by atoms with Gasteiger partial charge in [-0.15, -0.1) is 0 Å². The van der Waals surface area contributed by atoms with Gasteiger partial charge in [0.25, 0.3) is 0 Å². The molecular weight excluding hydrogens is 316 g/mol. The predicted octanol–water partition coefficient (Wildman–Crippen LogP) is 3.67. The van der Waals surface area contributed by atoms with E-state index in [0.717, 1.165) is 24.1 Å². The Bertz CT molecular complexity index is 697. The third-order valence-electron chi connectivity index (χ3n) is 4.74. The standard InChI is InChI=1S/C20H24N2O3/c1-25-18-9-5-8-17(14-18)21-20(24)22-12-10-16(11-13-22)19(23)15-6-3-2-4-7-15/h2-9,14,16,19,23H,10-13H2,1H3,(H,21,24). The van der Waals surface area contributed by atoms with Crippen LogP contribution in [0.2, 0.25) is 0 Å². The van der Waals surface area contributed by atoms with Crippen LogP contribution in [0.15, 0.2) is 54.6 Å². The highest BCUT2D eigenvalue weighted by Crippen LogP contribution is 2.30. The number of aliphatic hydroxyl groups is 1. The number of nitrogens with zero attached hydrogens (tertiary/aromatic N) is 1. The number of rotatable bonds is 4. The number of likely N-dealkylation sites (tertiary alicyclic amines) is 1. The maximum atomic E-state index is 12.4. The minimum absolute atomic E-state index is 0.110. The van der Waals surface area contributed by atoms with E-state index < -0.39 is 6.10 Å². The van der Waals surface area contributed by atoms with Crippen LogP contribution in [-0.2, 0) is 0 Å². The second-order valence-corrected chi connectivity index (χ2v) is 6.34. The lowest BCUT2D eigenvalue weighted by atomic mass is 9.87. The van der Waals surface area contributed by atoms with E-state index in [1.807, 2.05) is 48.5 Å². The average molecular weight is 340 g/mol. The zero-order valence-corrected chi connectivity index (χ0v) is 14.4. The van der Waals surface area contributed by atoms with Gasteiger partial charge in [-0.2, -0.15) is 0 Å². The van der Waals surface area contributed by atoms with Crippen molar-refractivity contribution in [3.8, 4) is 5.75 Å². The molecule has 0 saturated carbocycles. The summed E-state index contributed by atoms with van der Waals surface area (Å²) in [5.41, 5.74) is 1.66. The summed E-state index contributed by atoms with van der Waals surface area (Å²) in [6.45, 7) is 1.29. The number of benzene rings is 2. The molecule has 2 aromatic carbocycles. The molecular formula is C20H24N2O3. The zero-order chi connectivity index (χ0) is 17.6. The summed E-state index contributed by atoms with van der Waals surface area (Å²) >= 11 is 0. The van der Waals surface area contributed by atoms with Crippen LogP contribution < -0.4 is 10.1 Å². The highest BCUT2D eigenvalue weighted by atomic mass is 16.5. The number of aliphatic hydroxyl groups excluding tert-OH is 1. The Morgan fingerprint density at radius 3 is 2.56 bits per heavy atom. The van der Waals surface area contributed by atoms with Gasteiger partial charge in [-0.1, -0.05) is 36.4 Å². The third-order valence-corrected chi connectivity index (χ3v) is 4.74. The highest BCUT2D eigenvalue weighted by Gasteiger charge is 2.28. The van der Waals surface area contributed by atoms with E-state index in [0.29, 0.717) is 18.8 Å². The van der Waals surface area contributed by atoms with Crippen molar-refractivity contribution in [2.75, 3.05) is 25.5 Å². The molecule has 0 aromatic heterocycles. The van der Waals surface area contributed by atoms with Gasteiger partial charge in [0.15, 0.2) is 0 Å². The van der Waals surface area contributed by atoms with Gasteiger partial charge >= 0.3 is 6.03 Å². The molecule has 0 radical (unpaired) electrons. The van der Waals surface area contributed by atoms with Crippen LogP contribution in [0.3, 0.4) is 0 Å². The molecule has 1 heterocycles. The maximum Gasteiger partial charge on any atom is 0.321 e. The van der Waals surface area contributed by atoms with Crippen molar-refractivity contribution in [3.05, 3.63) is 60.2 Å². The summed E-state index contributed by atoms with van der Waals surface area (Å²) in [6.07, 6.45) is 1.12. The van der Waals surface area contributed by atoms with Crippen molar-refractivity contribution in [3.63, 3.8) is 0 Å². The molecule has 5 nitrogen and oxygen atoms in total. The molecule has 1 fully saturated rings. The number of methoxy groups -OCH3 is 1. The molecule has 0 aliphatic carbocycles. The van der Waals surface area contributed by atoms with Gasteiger partial charge in [0, 0.05) is 24.8 Å². The number of nitrogens with one attached hydrogen (secondary N) is 1. The van der Waals surface area contributed by atoms with Gasteiger partial charge in [0.2, 0.25) is 0 Å². The molecule has 1 aliphatic rings. The first-order valence-electron chi connectivity index (χ1n) is 8.60. The highest BCUT2D eigenvalue weighted by molar-refractivity contribution is 5.89. The normalized spacial score (nSPS) is 16.3. The number of carbonyl (C=O) groups is 1. The van der Waals surface area contributed by atoms with E-state index in [-0.39, 0.29) is 11.9 Å². The Hall–Kier alpha value is -2.53. The molecule has 132 valence electrons. The first-order chi connectivity index (χ1) is 12.2. The van der Waals surface area contributed by atoms with E-state index >= 15 is 0 Å². The lowest BCUT2D eigenvalue weighted by Crippen LogP contribution is -2.42. The molecule has 2 N–H and O–H groups in total. The largest absolute Gasteiger partial charge is 0.497 e. The smallest absolute Gasteiger partial charge is 0.321 e. The predicted molar refractivity (Wildman–Crippen MR) is 97.7 cm³/mol. The molecule has 5 heteroatoms. The Morgan fingerprint density at radius 2 is 1.88 bits per heavy atom. The van der Waals surface area contributed by atoms with Gasteiger partial charge in [-0.3, -0.25) is 0 Å². The van der Waals surface area contributed by atoms with E-state index in [1.54, 1.807) is 18.1 Å². The fourth-order valence-corrected chi connectivity index (χ4v) is 3.24. The summed E-state index contributed by atoms with van der Waals surface area (Å²) in [6, 6.07) is 16.9. The number of urea groups is 1. The summed E-state index contributed by atoms with van der Waals surface area (Å²) < 4.78 is 5.17. The minimum Gasteiger partial charge on any atom is -0.497 e. The third kappa shape index (κ3) is 4.31. The van der Waals surface area contributed by atoms with E-state index in [4.69, 9.17) is 4.74 Å². The van der Waals surface area contributed by atoms with Crippen molar-refractivity contribution in [1.82, 2.24) is 4.90 Å². The maximum absolute atomic E-state index is 12.4. The van der Waals surface area contributed by atoms with Gasteiger partial charge < -0.3 is 20.1 Å². The number of ether oxygens (including phenoxy) is 1. The number of amides is 2. The second-order valence-electron chi connectivity index (χ2n) is 6.34. The first kappa shape index (κ1) is 17.3. The summed E-state index contributed by atoms with van der Waals surface area (Å²) in [5.74, 6) is 0.894. The van der Waals surface area contributed by atoms with Crippen molar-refractivity contribution >= 4 is 11.7 Å². The fourth-order valence-electron chi connectivity index (χ4n) is 3.24. The minimum atomic E-state index is -0.468. The topological polar surface area (TPSA) is 61.8 Å². The molecule has 2 amide bonds. The van der Waals surface area contributed by atoms with Crippen LogP contribution >= 0.6 is 0 Å². The van der Waals surface area contributed by atoms with Crippen LogP contribution in [0.4, 0.5) is 10.5 Å². The van der Waals surface area contributed by atoms with E-state index in [9.17, 15) is 9.90 Å². The van der Waals surface area contributed by atoms with Crippen molar-refractivity contribution in [2.45, 2.75) is 18.9 Å². The average Bonchev–Trinajstić information content (AvgIpc) is 2.68. The number of piperidine rings is 1. The molecule has 0 spiro atoms. The fraction of sp³-hybridized carbons (Fsp3) is 0.350. The van der Waals surface area contributed by atoms with E-state index in [1.165, 1.54) is 0 Å². The van der Waals surface area contributed by atoms with Crippen LogP contribution in [0.25, 0.3) is 0 Å². The quantitative estimate of drug-likeness (QED) is 0.893. The Labute approximate surface area is 148 Å². The molecule has 2 aromatic rings. The molecule has 1 aliphatic heterocycles. The molecule has 1 unspecified atom stereocenters. The lowest BCUT2D eigenvalue weighted by molar-refractivity contribution is 0.0683. The summed E-state index contributed by atoms with van der Waals surface area (Å²) in [5, 5.41) is 13.4. The number of carbonyl (C=O) groups excluding carboxylic acids is 1. The van der Waals surface area contributed by atoms with Crippen LogP contribution in [-0.4, -0.2) is 36.2 Å². The van der Waals surface area contributed by atoms with Gasteiger partial charge in [-0.25, -0.2) is 4.79 Å². The molecule has 0 bridgehead atoms. The molecule has 3 rings (SSSR count). The van der Waals surface area contributed by atoms with Crippen LogP contribution in [0.5, 0.6) is 5.75 Å².